The van der Waals surface area contributed by atoms with Gasteiger partial charge >= 0.3 is 0 Å². The van der Waals surface area contributed by atoms with Gasteiger partial charge in [-0.05, 0) is 18.6 Å². The van der Waals surface area contributed by atoms with E-state index in [9.17, 15) is 0 Å². The van der Waals surface area contributed by atoms with Gasteiger partial charge in [0.1, 0.15) is 17.0 Å². The van der Waals surface area contributed by atoms with Gasteiger partial charge in [0.2, 0.25) is 0 Å². The van der Waals surface area contributed by atoms with E-state index in [1.165, 1.54) is 0 Å². The Bertz CT molecular complexity index is 516. The maximum atomic E-state index is 6.11. The Morgan fingerprint density at radius 2 is 2.00 bits per heavy atom. The summed E-state index contributed by atoms with van der Waals surface area (Å²) in [5.74, 6) is 0.724. The highest BCUT2D eigenvalue weighted by atomic mass is 32.2. The number of aromatic nitrogens is 2. The molecule has 1 aromatic heterocycles. The Labute approximate surface area is 117 Å². The fourth-order valence-electron chi connectivity index (χ4n) is 1.59. The fraction of sp³-hybridized carbons (Fsp3) is 0.286. The Balaban J connectivity index is 2.11. The molecule has 0 amide bonds. The molecule has 0 aliphatic rings. The Morgan fingerprint density at radius 3 is 2.74 bits per heavy atom. The average Bonchev–Trinajstić information content (AvgIpc) is 2.44. The Morgan fingerprint density at radius 1 is 1.21 bits per heavy atom. The van der Waals surface area contributed by atoms with Crippen molar-refractivity contribution in [3.63, 3.8) is 0 Å². The molecule has 1 aromatic carbocycles. The van der Waals surface area contributed by atoms with Crippen molar-refractivity contribution in [3.8, 4) is 0 Å². The second-order valence-electron chi connectivity index (χ2n) is 4.14. The largest absolute Gasteiger partial charge is 0.394 e. The molecule has 2 aromatic rings. The molecular formula is C14H18N4S. The standard InChI is InChI=1S/C14H18N4S/c1-2-3-9-16-13-12(15)14(18-10-17-13)19-11-7-5-4-6-8-11/h4-8,10H,2-3,9,15H2,1H3,(H,16,17,18). The van der Waals surface area contributed by atoms with Gasteiger partial charge in [0, 0.05) is 11.4 Å². The zero-order chi connectivity index (χ0) is 13.5. The van der Waals surface area contributed by atoms with Gasteiger partial charge in [-0.15, -0.1) is 0 Å². The molecule has 0 fully saturated rings. The lowest BCUT2D eigenvalue weighted by Crippen LogP contribution is -2.07. The highest BCUT2D eigenvalue weighted by Gasteiger charge is 2.08. The van der Waals surface area contributed by atoms with E-state index in [2.05, 4.69) is 22.2 Å². The Hall–Kier alpha value is -1.75. The highest BCUT2D eigenvalue weighted by Crippen LogP contribution is 2.32. The molecule has 0 radical (unpaired) electrons. The second-order valence-corrected chi connectivity index (χ2v) is 5.20. The van der Waals surface area contributed by atoms with Crippen LogP contribution in [0.2, 0.25) is 0 Å². The van der Waals surface area contributed by atoms with Crippen LogP contribution in [0.3, 0.4) is 0 Å². The van der Waals surface area contributed by atoms with Crippen molar-refractivity contribution in [1.29, 1.82) is 0 Å². The molecule has 0 bridgehead atoms. The lowest BCUT2D eigenvalue weighted by molar-refractivity contribution is 0.829. The summed E-state index contributed by atoms with van der Waals surface area (Å²) in [5.41, 5.74) is 6.72. The quantitative estimate of drug-likeness (QED) is 0.624. The summed E-state index contributed by atoms with van der Waals surface area (Å²) < 4.78 is 0. The number of nitrogens with two attached hydrogens (primary N) is 1. The van der Waals surface area contributed by atoms with Crippen LogP contribution in [0.5, 0.6) is 0 Å². The third-order valence-corrected chi connectivity index (χ3v) is 3.65. The fourth-order valence-corrected chi connectivity index (χ4v) is 2.41. The second kappa shape index (κ2) is 6.99. The van der Waals surface area contributed by atoms with E-state index >= 15 is 0 Å². The van der Waals surface area contributed by atoms with Crippen LogP contribution in [0, 0.1) is 0 Å². The van der Waals surface area contributed by atoms with E-state index in [-0.39, 0.29) is 0 Å². The Kier molecular flexibility index (Phi) is 5.03. The van der Waals surface area contributed by atoms with Crippen LogP contribution in [-0.4, -0.2) is 16.5 Å². The van der Waals surface area contributed by atoms with Crippen molar-refractivity contribution in [2.75, 3.05) is 17.6 Å². The molecule has 1 heterocycles. The van der Waals surface area contributed by atoms with Crippen LogP contribution >= 0.6 is 11.8 Å². The summed E-state index contributed by atoms with van der Waals surface area (Å²) in [6, 6.07) is 10.1. The van der Waals surface area contributed by atoms with Crippen molar-refractivity contribution in [3.05, 3.63) is 36.7 Å². The van der Waals surface area contributed by atoms with Crippen LogP contribution < -0.4 is 11.1 Å². The summed E-state index contributed by atoms with van der Waals surface area (Å²) in [4.78, 5) is 9.56. The van der Waals surface area contributed by atoms with E-state index in [0.29, 0.717) is 5.69 Å². The van der Waals surface area contributed by atoms with Crippen LogP contribution in [0.4, 0.5) is 11.5 Å². The van der Waals surface area contributed by atoms with E-state index in [0.717, 1.165) is 35.1 Å². The van der Waals surface area contributed by atoms with Crippen molar-refractivity contribution >= 4 is 23.3 Å². The zero-order valence-corrected chi connectivity index (χ0v) is 11.8. The summed E-state index contributed by atoms with van der Waals surface area (Å²) in [7, 11) is 0. The number of nitrogens with zero attached hydrogens (tertiary/aromatic N) is 2. The first-order chi connectivity index (χ1) is 9.31. The van der Waals surface area contributed by atoms with Gasteiger partial charge in [-0.1, -0.05) is 43.3 Å². The van der Waals surface area contributed by atoms with E-state index in [1.54, 1.807) is 18.1 Å². The average molecular weight is 274 g/mol. The lowest BCUT2D eigenvalue weighted by Gasteiger charge is -2.10. The molecule has 0 aliphatic carbocycles. The maximum Gasteiger partial charge on any atom is 0.153 e. The molecule has 0 unspecified atom stereocenters. The van der Waals surface area contributed by atoms with Gasteiger partial charge in [0.25, 0.3) is 0 Å². The van der Waals surface area contributed by atoms with Gasteiger partial charge in [-0.2, -0.15) is 0 Å². The predicted molar refractivity (Wildman–Crippen MR) is 80.4 cm³/mol. The van der Waals surface area contributed by atoms with E-state index < -0.39 is 0 Å². The van der Waals surface area contributed by atoms with Crippen molar-refractivity contribution < 1.29 is 0 Å². The summed E-state index contributed by atoms with van der Waals surface area (Å²) in [6.07, 6.45) is 3.80. The number of nitrogens with one attached hydrogen (secondary N) is 1. The van der Waals surface area contributed by atoms with Crippen LogP contribution in [0.15, 0.2) is 46.6 Å². The molecule has 0 saturated heterocycles. The van der Waals surface area contributed by atoms with Gasteiger partial charge in [-0.3, -0.25) is 0 Å². The molecule has 3 N–H and O–H groups in total. The normalized spacial score (nSPS) is 10.4. The van der Waals surface area contributed by atoms with Crippen LogP contribution in [0.25, 0.3) is 0 Å². The predicted octanol–water partition coefficient (Wildman–Crippen LogP) is 3.42. The van der Waals surface area contributed by atoms with Crippen molar-refractivity contribution in [1.82, 2.24) is 9.97 Å². The molecule has 0 atom stereocenters. The van der Waals surface area contributed by atoms with Gasteiger partial charge < -0.3 is 11.1 Å². The number of nitrogen functional groups attached to an aromatic ring is 1. The molecule has 5 heteroatoms. The minimum atomic E-state index is 0.618. The third-order valence-electron chi connectivity index (χ3n) is 2.63. The molecule has 0 aliphatic heterocycles. The zero-order valence-electron chi connectivity index (χ0n) is 11.0. The van der Waals surface area contributed by atoms with Crippen LogP contribution in [-0.2, 0) is 0 Å². The molecule has 2 rings (SSSR count). The number of anilines is 2. The van der Waals surface area contributed by atoms with Crippen molar-refractivity contribution in [2.24, 2.45) is 0 Å². The molecule has 0 saturated carbocycles. The highest BCUT2D eigenvalue weighted by molar-refractivity contribution is 7.99. The lowest BCUT2D eigenvalue weighted by atomic mass is 10.3. The number of benzene rings is 1. The van der Waals surface area contributed by atoms with Gasteiger partial charge in [0.15, 0.2) is 5.82 Å². The van der Waals surface area contributed by atoms with Crippen molar-refractivity contribution in [2.45, 2.75) is 29.7 Å². The monoisotopic (exact) mass is 274 g/mol. The number of hydrogen-bond donors (Lipinski definition) is 2. The molecule has 100 valence electrons. The number of unbranched alkanes of at least 4 members (excludes halogenated alkanes) is 1. The van der Waals surface area contributed by atoms with E-state index in [1.807, 2.05) is 30.3 Å². The molecule has 0 spiro atoms. The van der Waals surface area contributed by atoms with Gasteiger partial charge in [-0.25, -0.2) is 9.97 Å². The maximum absolute atomic E-state index is 6.11. The van der Waals surface area contributed by atoms with Gasteiger partial charge in [0.05, 0.1) is 0 Å². The summed E-state index contributed by atoms with van der Waals surface area (Å²) in [6.45, 7) is 3.04. The minimum absolute atomic E-state index is 0.618. The van der Waals surface area contributed by atoms with E-state index in [4.69, 9.17) is 5.73 Å². The van der Waals surface area contributed by atoms with Crippen LogP contribution in [0.1, 0.15) is 19.8 Å². The molecule has 19 heavy (non-hydrogen) atoms. The summed E-state index contributed by atoms with van der Waals surface area (Å²) >= 11 is 1.55. The number of rotatable bonds is 6. The smallest absolute Gasteiger partial charge is 0.153 e. The first kappa shape index (κ1) is 13.7. The first-order valence-corrected chi connectivity index (χ1v) is 7.20. The minimum Gasteiger partial charge on any atom is -0.394 e. The topological polar surface area (TPSA) is 63.8 Å². The SMILES string of the molecule is CCCCNc1ncnc(Sc2ccccc2)c1N. The first-order valence-electron chi connectivity index (χ1n) is 6.38. The third kappa shape index (κ3) is 3.86. The molecule has 4 nitrogen and oxygen atoms in total. The summed E-state index contributed by atoms with van der Waals surface area (Å²) in [5, 5.41) is 4.04. The molecular weight excluding hydrogens is 256 g/mol. The number of hydrogen-bond acceptors (Lipinski definition) is 5.